The average Bonchev–Trinajstić information content (AvgIpc) is 3.12. The lowest BCUT2D eigenvalue weighted by Gasteiger charge is -2.24. The second-order valence-electron chi connectivity index (χ2n) is 15.7. The van der Waals surface area contributed by atoms with Crippen LogP contribution in [0.3, 0.4) is 0 Å². The Hall–Kier alpha value is -1.54. The maximum atomic E-state index is 12.7. The van der Waals surface area contributed by atoms with Crippen LogP contribution in [0.1, 0.15) is 174 Å². The van der Waals surface area contributed by atoms with Crippen LogP contribution in [0.15, 0.2) is 48.6 Å². The van der Waals surface area contributed by atoms with Crippen molar-refractivity contribution in [2.24, 2.45) is 0 Å². The first-order valence-corrected chi connectivity index (χ1v) is 23.4. The van der Waals surface area contributed by atoms with Gasteiger partial charge in [-0.25, -0.2) is 4.57 Å². The number of quaternary nitrogens is 1. The molecule has 0 rings (SSSR count). The molecule has 0 aromatic carbocycles. The molecule has 54 heavy (non-hydrogen) atoms. The number of esters is 1. The van der Waals surface area contributed by atoms with Gasteiger partial charge in [0.05, 0.1) is 34.4 Å². The van der Waals surface area contributed by atoms with E-state index in [0.29, 0.717) is 24.1 Å². The molecule has 0 saturated carbocycles. The van der Waals surface area contributed by atoms with Gasteiger partial charge in [0, 0.05) is 13.0 Å². The Bertz CT molecular complexity index is 1000. The van der Waals surface area contributed by atoms with Crippen LogP contribution in [0, 0.1) is 0 Å². The number of phosphoric ester groups is 1. The summed E-state index contributed by atoms with van der Waals surface area (Å²) in [5, 5.41) is 0. The van der Waals surface area contributed by atoms with Gasteiger partial charge in [-0.05, 0) is 70.6 Å². The molecule has 0 amide bonds. The number of nitrogens with zero attached hydrogens (tertiary/aromatic N) is 1. The summed E-state index contributed by atoms with van der Waals surface area (Å²) in [5.41, 5.74) is 0. The first-order chi connectivity index (χ1) is 26.1. The Morgan fingerprint density at radius 2 is 1.06 bits per heavy atom. The van der Waals surface area contributed by atoms with Gasteiger partial charge in [0.2, 0.25) is 0 Å². The number of phosphoric acid groups is 1. The van der Waals surface area contributed by atoms with E-state index in [0.717, 1.165) is 57.8 Å². The predicted molar refractivity (Wildman–Crippen MR) is 229 cm³/mol. The lowest BCUT2D eigenvalue weighted by molar-refractivity contribution is -0.870. The topological polar surface area (TPSA) is 91.3 Å². The highest BCUT2D eigenvalue weighted by molar-refractivity contribution is 7.47. The summed E-state index contributed by atoms with van der Waals surface area (Å²) in [5.74, 6) is -0.327. The third-order valence-electron chi connectivity index (χ3n) is 9.09. The van der Waals surface area contributed by atoms with Crippen LogP contribution in [-0.2, 0) is 27.9 Å². The van der Waals surface area contributed by atoms with Crippen molar-refractivity contribution in [2.75, 3.05) is 54.1 Å². The van der Waals surface area contributed by atoms with E-state index >= 15 is 0 Å². The molecular formula is C45H85NO7P+. The van der Waals surface area contributed by atoms with Gasteiger partial charge < -0.3 is 18.9 Å². The van der Waals surface area contributed by atoms with Crippen LogP contribution in [0.2, 0.25) is 0 Å². The molecule has 1 N–H and O–H groups in total. The molecule has 0 aliphatic heterocycles. The summed E-state index contributed by atoms with van der Waals surface area (Å²) in [4.78, 5) is 22.9. The highest BCUT2D eigenvalue weighted by atomic mass is 31.2. The minimum atomic E-state index is -4.28. The number of hydrogen-bond donors (Lipinski definition) is 1. The fraction of sp³-hybridized carbons (Fsp3) is 0.800. The lowest BCUT2D eigenvalue weighted by atomic mass is 10.1. The van der Waals surface area contributed by atoms with E-state index in [9.17, 15) is 14.3 Å². The molecule has 0 bridgehead atoms. The van der Waals surface area contributed by atoms with Gasteiger partial charge in [-0.1, -0.05) is 146 Å². The smallest absolute Gasteiger partial charge is 0.457 e. The molecule has 0 aliphatic rings. The number of carbonyl (C=O) groups excluding carboxylic acids is 1. The molecule has 2 atom stereocenters. The molecule has 9 heteroatoms. The molecule has 0 radical (unpaired) electrons. The molecule has 0 aromatic rings. The van der Waals surface area contributed by atoms with Gasteiger partial charge in [0.15, 0.2) is 0 Å². The number of rotatable bonds is 40. The minimum absolute atomic E-state index is 0.0832. The van der Waals surface area contributed by atoms with Gasteiger partial charge in [-0.15, -0.1) is 0 Å². The normalized spacial score (nSPS) is 14.3. The van der Waals surface area contributed by atoms with Crippen LogP contribution in [-0.4, -0.2) is 75.6 Å². The maximum absolute atomic E-state index is 12.7. The van der Waals surface area contributed by atoms with Crippen molar-refractivity contribution in [2.45, 2.75) is 180 Å². The lowest BCUT2D eigenvalue weighted by Crippen LogP contribution is -2.37. The van der Waals surface area contributed by atoms with E-state index in [-0.39, 0.29) is 25.8 Å². The Kier molecular flexibility index (Phi) is 37.2. The number of carbonyl (C=O) groups is 1. The number of ether oxygens (including phenoxy) is 2. The van der Waals surface area contributed by atoms with Gasteiger partial charge in [0.25, 0.3) is 0 Å². The predicted octanol–water partition coefficient (Wildman–Crippen LogP) is 12.8. The molecule has 0 spiro atoms. The summed E-state index contributed by atoms with van der Waals surface area (Å²) in [6, 6.07) is 0. The molecule has 0 aliphatic carbocycles. The fourth-order valence-corrected chi connectivity index (χ4v) is 6.42. The van der Waals surface area contributed by atoms with E-state index in [2.05, 4.69) is 62.5 Å². The second-order valence-corrected chi connectivity index (χ2v) is 17.2. The molecule has 8 nitrogen and oxygen atoms in total. The quantitative estimate of drug-likeness (QED) is 0.0218. The number of unbranched alkanes of at least 4 members (excludes halogenated alkanes) is 18. The Labute approximate surface area is 333 Å². The molecule has 0 saturated heterocycles. The zero-order valence-corrected chi connectivity index (χ0v) is 36.6. The molecule has 0 fully saturated rings. The highest BCUT2D eigenvalue weighted by Crippen LogP contribution is 2.43. The van der Waals surface area contributed by atoms with Crippen molar-refractivity contribution in [1.29, 1.82) is 0 Å². The largest absolute Gasteiger partial charge is 0.472 e. The fourth-order valence-electron chi connectivity index (χ4n) is 5.68. The van der Waals surface area contributed by atoms with E-state index in [1.54, 1.807) is 0 Å². The second kappa shape index (κ2) is 38.3. The summed E-state index contributed by atoms with van der Waals surface area (Å²) in [6.45, 7) is 5.50. The molecular weight excluding hydrogens is 697 g/mol. The SMILES string of the molecule is CCC/C=C\C/C=C\CCCCCCCCOCC(COP(=O)(O)OCC[N+](C)(C)C)OC(=O)CCCCCCCCC/C=C\C/C=C\CCCCCC. The maximum Gasteiger partial charge on any atom is 0.472 e. The zero-order valence-electron chi connectivity index (χ0n) is 35.7. The first kappa shape index (κ1) is 52.5. The summed E-state index contributed by atoms with van der Waals surface area (Å²) in [7, 11) is 1.65. The Morgan fingerprint density at radius 3 is 1.57 bits per heavy atom. The number of allylic oxidation sites excluding steroid dienone is 8. The highest BCUT2D eigenvalue weighted by Gasteiger charge is 2.26. The van der Waals surface area contributed by atoms with E-state index in [1.165, 1.54) is 96.3 Å². The Morgan fingerprint density at radius 1 is 0.574 bits per heavy atom. The average molecular weight is 783 g/mol. The van der Waals surface area contributed by atoms with Crippen LogP contribution in [0.25, 0.3) is 0 Å². The van der Waals surface area contributed by atoms with E-state index in [4.69, 9.17) is 18.5 Å². The standard InChI is InChI=1S/C45H84NO7P/c1-6-8-10-12-14-16-18-20-22-23-24-25-26-28-30-32-34-36-38-45(47)53-44(43-52-54(48,49)51-41-39-46(3,4)5)42-50-40-37-35-33-31-29-27-21-19-17-15-13-11-9-7-2/h11,13,16-19,22-23,44H,6-10,12,14-15,20-21,24-43H2,1-5H3/p+1/b13-11-,18-16-,19-17-,23-22-. The van der Waals surface area contributed by atoms with Crippen molar-refractivity contribution in [3.05, 3.63) is 48.6 Å². The monoisotopic (exact) mass is 783 g/mol. The third kappa shape index (κ3) is 41.6. The van der Waals surface area contributed by atoms with Crippen molar-refractivity contribution in [3.63, 3.8) is 0 Å². The van der Waals surface area contributed by atoms with E-state index < -0.39 is 13.9 Å². The number of hydrogen-bond acceptors (Lipinski definition) is 6. The summed E-state index contributed by atoms with van der Waals surface area (Å²) < 4.78 is 35.0. The third-order valence-corrected chi connectivity index (χ3v) is 10.1. The summed E-state index contributed by atoms with van der Waals surface area (Å²) in [6.07, 6.45) is 45.6. The van der Waals surface area contributed by atoms with Crippen LogP contribution in [0.4, 0.5) is 0 Å². The molecule has 0 heterocycles. The van der Waals surface area contributed by atoms with Crippen molar-refractivity contribution in [1.82, 2.24) is 0 Å². The van der Waals surface area contributed by atoms with Crippen LogP contribution < -0.4 is 0 Å². The van der Waals surface area contributed by atoms with Crippen molar-refractivity contribution < 1.29 is 37.3 Å². The minimum Gasteiger partial charge on any atom is -0.457 e. The van der Waals surface area contributed by atoms with Gasteiger partial charge >= 0.3 is 13.8 Å². The summed E-state index contributed by atoms with van der Waals surface area (Å²) >= 11 is 0. The zero-order chi connectivity index (χ0) is 39.9. The van der Waals surface area contributed by atoms with Crippen molar-refractivity contribution in [3.8, 4) is 0 Å². The molecule has 316 valence electrons. The van der Waals surface area contributed by atoms with Crippen molar-refractivity contribution >= 4 is 13.8 Å². The molecule has 2 unspecified atom stereocenters. The van der Waals surface area contributed by atoms with E-state index in [1.807, 2.05) is 21.1 Å². The first-order valence-electron chi connectivity index (χ1n) is 21.9. The number of likely N-dealkylation sites (N-methyl/N-ethyl adjacent to an activating group) is 1. The van der Waals surface area contributed by atoms with Gasteiger partial charge in [-0.3, -0.25) is 13.8 Å². The molecule has 0 aromatic heterocycles. The van der Waals surface area contributed by atoms with Gasteiger partial charge in [-0.2, -0.15) is 0 Å². The van der Waals surface area contributed by atoms with Crippen LogP contribution >= 0.6 is 7.82 Å². The van der Waals surface area contributed by atoms with Crippen LogP contribution in [0.5, 0.6) is 0 Å². The van der Waals surface area contributed by atoms with Gasteiger partial charge in [0.1, 0.15) is 19.3 Å². The Balaban J connectivity index is 4.26.